The smallest absolute Gasteiger partial charge is 0.240 e. The highest BCUT2D eigenvalue weighted by molar-refractivity contribution is 7.89. The zero-order chi connectivity index (χ0) is 12.9. The predicted molar refractivity (Wildman–Crippen MR) is 69.4 cm³/mol. The van der Waals surface area contributed by atoms with Gasteiger partial charge in [0.25, 0.3) is 0 Å². The first kappa shape index (κ1) is 14.2. The van der Waals surface area contributed by atoms with Gasteiger partial charge in [-0.25, -0.2) is 13.1 Å². The number of hydrogen-bond acceptors (Lipinski definition) is 3. The number of benzene rings is 1. The number of rotatable bonds is 6. The van der Waals surface area contributed by atoms with E-state index in [1.807, 2.05) is 12.1 Å². The van der Waals surface area contributed by atoms with Crippen molar-refractivity contribution in [2.45, 2.75) is 31.1 Å². The highest BCUT2D eigenvalue weighted by atomic mass is 32.2. The molecule has 17 heavy (non-hydrogen) atoms. The Kier molecular flexibility index (Phi) is 5.11. The van der Waals surface area contributed by atoms with Gasteiger partial charge in [-0.05, 0) is 30.0 Å². The lowest BCUT2D eigenvalue weighted by Crippen LogP contribution is -2.29. The molecule has 0 amide bonds. The van der Waals surface area contributed by atoms with Gasteiger partial charge in [0.05, 0.1) is 4.90 Å². The van der Waals surface area contributed by atoms with E-state index in [4.69, 9.17) is 5.73 Å². The third kappa shape index (κ3) is 3.80. The molecule has 1 atom stereocenters. The van der Waals surface area contributed by atoms with Crippen molar-refractivity contribution in [2.75, 3.05) is 13.1 Å². The molecule has 0 saturated heterocycles. The number of nitrogens with one attached hydrogen (secondary N) is 1. The highest BCUT2D eigenvalue weighted by Gasteiger charge is 2.13. The van der Waals surface area contributed by atoms with E-state index >= 15 is 0 Å². The average Bonchev–Trinajstić information content (AvgIpc) is 2.35. The van der Waals surface area contributed by atoms with Gasteiger partial charge in [-0.1, -0.05) is 26.0 Å². The summed E-state index contributed by atoms with van der Waals surface area (Å²) >= 11 is 0. The van der Waals surface area contributed by atoms with Gasteiger partial charge in [-0.15, -0.1) is 0 Å². The van der Waals surface area contributed by atoms with E-state index in [1.54, 1.807) is 12.1 Å². The van der Waals surface area contributed by atoms with Crippen molar-refractivity contribution in [3.05, 3.63) is 29.8 Å². The third-order valence-electron chi connectivity index (χ3n) is 2.81. The molecule has 0 aliphatic heterocycles. The molecule has 0 saturated carbocycles. The molecule has 0 heterocycles. The van der Waals surface area contributed by atoms with E-state index in [0.29, 0.717) is 12.5 Å². The molecule has 0 spiro atoms. The minimum absolute atomic E-state index is 0.259. The maximum absolute atomic E-state index is 11.8. The van der Waals surface area contributed by atoms with Crippen LogP contribution in [-0.2, 0) is 10.0 Å². The van der Waals surface area contributed by atoms with Gasteiger partial charge in [0.2, 0.25) is 10.0 Å². The fraction of sp³-hybridized carbons (Fsp3) is 0.500. The molecule has 0 aromatic heterocycles. The molecule has 5 heteroatoms. The van der Waals surface area contributed by atoms with E-state index in [1.165, 1.54) is 0 Å². The van der Waals surface area contributed by atoms with Crippen molar-refractivity contribution in [3.63, 3.8) is 0 Å². The van der Waals surface area contributed by atoms with Crippen LogP contribution in [0.1, 0.15) is 31.7 Å². The number of hydrogen-bond donors (Lipinski definition) is 2. The van der Waals surface area contributed by atoms with Gasteiger partial charge < -0.3 is 5.73 Å². The van der Waals surface area contributed by atoms with Crippen LogP contribution in [0.3, 0.4) is 0 Å². The quantitative estimate of drug-likeness (QED) is 0.809. The Labute approximate surface area is 103 Å². The third-order valence-corrected chi connectivity index (χ3v) is 4.29. The molecule has 0 aliphatic carbocycles. The van der Waals surface area contributed by atoms with Crippen molar-refractivity contribution >= 4 is 10.0 Å². The zero-order valence-electron chi connectivity index (χ0n) is 10.3. The van der Waals surface area contributed by atoms with Gasteiger partial charge >= 0.3 is 0 Å². The summed E-state index contributed by atoms with van der Waals surface area (Å²) in [5.41, 5.74) is 6.43. The second-order valence-electron chi connectivity index (χ2n) is 4.06. The normalized spacial score (nSPS) is 13.6. The first-order valence-corrected chi connectivity index (χ1v) is 7.29. The van der Waals surface area contributed by atoms with Crippen LogP contribution < -0.4 is 10.5 Å². The highest BCUT2D eigenvalue weighted by Crippen LogP contribution is 2.20. The summed E-state index contributed by atoms with van der Waals surface area (Å²) < 4.78 is 26.0. The molecule has 0 bridgehead atoms. The lowest BCUT2D eigenvalue weighted by molar-refractivity contribution is 0.582. The fourth-order valence-corrected chi connectivity index (χ4v) is 2.54. The molecule has 96 valence electrons. The Hall–Kier alpha value is -0.910. The second-order valence-corrected chi connectivity index (χ2v) is 5.83. The van der Waals surface area contributed by atoms with Gasteiger partial charge in [0.1, 0.15) is 0 Å². The van der Waals surface area contributed by atoms with Crippen LogP contribution in [0, 0.1) is 0 Å². The van der Waals surface area contributed by atoms with Gasteiger partial charge in [-0.3, -0.25) is 0 Å². The SMILES string of the molecule is CCC(C)c1ccc(S(=O)(=O)NCCN)cc1. The first-order valence-electron chi connectivity index (χ1n) is 5.81. The Balaban J connectivity index is 2.87. The largest absolute Gasteiger partial charge is 0.329 e. The lowest BCUT2D eigenvalue weighted by atomic mass is 9.99. The van der Waals surface area contributed by atoms with Crippen molar-refractivity contribution in [1.82, 2.24) is 4.72 Å². The molecule has 0 fully saturated rings. The number of sulfonamides is 1. The van der Waals surface area contributed by atoms with E-state index in [2.05, 4.69) is 18.6 Å². The molecule has 1 unspecified atom stereocenters. The summed E-state index contributed by atoms with van der Waals surface area (Å²) in [5.74, 6) is 0.448. The molecule has 0 radical (unpaired) electrons. The Morgan fingerprint density at radius 2 is 1.88 bits per heavy atom. The molecule has 1 rings (SSSR count). The summed E-state index contributed by atoms with van der Waals surface area (Å²) in [5, 5.41) is 0. The minimum atomic E-state index is -3.40. The second kappa shape index (κ2) is 6.14. The molecular weight excluding hydrogens is 236 g/mol. The van der Waals surface area contributed by atoms with E-state index in [0.717, 1.165) is 12.0 Å². The molecule has 3 N–H and O–H groups in total. The van der Waals surface area contributed by atoms with E-state index in [9.17, 15) is 8.42 Å². The van der Waals surface area contributed by atoms with Crippen molar-refractivity contribution in [3.8, 4) is 0 Å². The van der Waals surface area contributed by atoms with Gasteiger partial charge in [-0.2, -0.15) is 0 Å². The van der Waals surface area contributed by atoms with Crippen molar-refractivity contribution in [2.24, 2.45) is 5.73 Å². The lowest BCUT2D eigenvalue weighted by Gasteiger charge is -2.10. The average molecular weight is 256 g/mol. The minimum Gasteiger partial charge on any atom is -0.329 e. The maximum atomic E-state index is 11.8. The van der Waals surface area contributed by atoms with Gasteiger partial charge in [0, 0.05) is 13.1 Å². The summed E-state index contributed by atoms with van der Waals surface area (Å²) in [6, 6.07) is 7.01. The van der Waals surface area contributed by atoms with Crippen LogP contribution in [0.4, 0.5) is 0 Å². The summed E-state index contributed by atoms with van der Waals surface area (Å²) in [6.45, 7) is 4.79. The Morgan fingerprint density at radius 3 is 2.35 bits per heavy atom. The van der Waals surface area contributed by atoms with Crippen LogP contribution in [0.2, 0.25) is 0 Å². The van der Waals surface area contributed by atoms with Crippen LogP contribution >= 0.6 is 0 Å². The Bertz CT molecular complexity index is 440. The molecular formula is C12H20N2O2S. The van der Waals surface area contributed by atoms with E-state index in [-0.39, 0.29) is 11.4 Å². The van der Waals surface area contributed by atoms with E-state index < -0.39 is 10.0 Å². The standard InChI is InChI=1S/C12H20N2O2S/c1-3-10(2)11-4-6-12(7-5-11)17(15,16)14-9-8-13/h4-7,10,14H,3,8-9,13H2,1-2H3. The summed E-state index contributed by atoms with van der Waals surface area (Å²) in [7, 11) is -3.40. The Morgan fingerprint density at radius 1 is 1.29 bits per heavy atom. The monoisotopic (exact) mass is 256 g/mol. The van der Waals surface area contributed by atoms with Crippen molar-refractivity contribution in [1.29, 1.82) is 0 Å². The van der Waals surface area contributed by atoms with Crippen LogP contribution in [0.25, 0.3) is 0 Å². The van der Waals surface area contributed by atoms with Gasteiger partial charge in [0.15, 0.2) is 0 Å². The molecule has 1 aromatic carbocycles. The summed E-state index contributed by atoms with van der Waals surface area (Å²) in [6.07, 6.45) is 1.04. The first-order chi connectivity index (χ1) is 8.01. The van der Waals surface area contributed by atoms with Crippen LogP contribution in [-0.4, -0.2) is 21.5 Å². The summed E-state index contributed by atoms with van der Waals surface area (Å²) in [4.78, 5) is 0.290. The molecule has 0 aliphatic rings. The maximum Gasteiger partial charge on any atom is 0.240 e. The predicted octanol–water partition coefficient (Wildman–Crippen LogP) is 1.44. The molecule has 1 aromatic rings. The van der Waals surface area contributed by atoms with Crippen LogP contribution in [0.5, 0.6) is 0 Å². The fourth-order valence-electron chi connectivity index (χ4n) is 1.49. The van der Waals surface area contributed by atoms with Crippen molar-refractivity contribution < 1.29 is 8.42 Å². The number of nitrogens with two attached hydrogens (primary N) is 1. The van der Waals surface area contributed by atoms with Crippen LogP contribution in [0.15, 0.2) is 29.2 Å². The zero-order valence-corrected chi connectivity index (χ0v) is 11.1. The molecule has 4 nitrogen and oxygen atoms in total. The topological polar surface area (TPSA) is 72.2 Å².